The van der Waals surface area contributed by atoms with Gasteiger partial charge in [0.25, 0.3) is 0 Å². The Balaban J connectivity index is 1.79. The third-order valence-electron chi connectivity index (χ3n) is 4.31. The summed E-state index contributed by atoms with van der Waals surface area (Å²) in [6.45, 7) is 2.83. The second kappa shape index (κ2) is 8.91. The molecule has 5 nitrogen and oxygen atoms in total. The monoisotopic (exact) mass is 494 g/mol. The van der Waals surface area contributed by atoms with E-state index in [0.717, 1.165) is 36.7 Å². The van der Waals surface area contributed by atoms with Gasteiger partial charge in [0.15, 0.2) is 0 Å². The number of aliphatic carboxylic acids is 1. The van der Waals surface area contributed by atoms with Gasteiger partial charge in [0.2, 0.25) is 0 Å². The lowest BCUT2D eigenvalue weighted by atomic mass is 10.0. The van der Waals surface area contributed by atoms with E-state index in [1.54, 1.807) is 0 Å². The van der Waals surface area contributed by atoms with Gasteiger partial charge < -0.3 is 14.8 Å². The summed E-state index contributed by atoms with van der Waals surface area (Å²) in [7, 11) is 0. The number of carbonyl (C=O) groups is 1. The molecule has 7 heteroatoms. The van der Waals surface area contributed by atoms with Crippen molar-refractivity contribution >= 4 is 48.7 Å². The zero-order valence-corrected chi connectivity index (χ0v) is 17.9. The maximum absolute atomic E-state index is 11.8. The summed E-state index contributed by atoms with van der Waals surface area (Å²) in [4.78, 5) is 15.0. The maximum atomic E-state index is 11.8. The molecular weight excluding hydrogens is 476 g/mol. The highest BCUT2D eigenvalue weighted by atomic mass is 79.9. The number of aromatic nitrogens is 1. The van der Waals surface area contributed by atoms with Gasteiger partial charge in [0, 0.05) is 40.1 Å². The zero-order valence-electron chi connectivity index (χ0n) is 14.8. The highest BCUT2D eigenvalue weighted by Crippen LogP contribution is 2.33. The summed E-state index contributed by atoms with van der Waals surface area (Å²) in [5, 5.41) is 13.9. The van der Waals surface area contributed by atoms with Crippen LogP contribution in [0.5, 0.6) is 5.75 Å². The van der Waals surface area contributed by atoms with Gasteiger partial charge in [-0.25, -0.2) is 0 Å². The van der Waals surface area contributed by atoms with E-state index in [-0.39, 0.29) is 0 Å². The standard InChI is InChI=1S/C20H20Br2N2O3/c1-2-27-19-13(7-14(21)9-16(19)22)11-24-18(20(25)26)8-12-10-23-17-6-4-3-5-15(12)17/h3-7,9-10,18,23-24H,2,8,11H2,1H3,(H,25,26)/t18-/m1/s1. The van der Waals surface area contributed by atoms with Crippen LogP contribution in [0.1, 0.15) is 18.1 Å². The average molecular weight is 496 g/mol. The molecule has 1 heterocycles. The summed E-state index contributed by atoms with van der Waals surface area (Å²) in [6, 6.07) is 11.0. The number of rotatable bonds is 8. The number of H-pyrrole nitrogens is 1. The van der Waals surface area contributed by atoms with Crippen LogP contribution in [0.3, 0.4) is 0 Å². The van der Waals surface area contributed by atoms with Crippen molar-refractivity contribution in [1.29, 1.82) is 0 Å². The fourth-order valence-corrected chi connectivity index (χ4v) is 4.48. The smallest absolute Gasteiger partial charge is 0.321 e. The predicted octanol–water partition coefficient (Wildman–Crippen LogP) is 4.88. The first kappa shape index (κ1) is 19.9. The molecule has 0 amide bonds. The van der Waals surface area contributed by atoms with Gasteiger partial charge in [0.05, 0.1) is 11.1 Å². The van der Waals surface area contributed by atoms with E-state index in [4.69, 9.17) is 4.74 Å². The van der Waals surface area contributed by atoms with E-state index in [0.29, 0.717) is 19.6 Å². The number of hydrogen-bond donors (Lipinski definition) is 3. The Morgan fingerprint density at radius 2 is 2.04 bits per heavy atom. The van der Waals surface area contributed by atoms with Crippen LogP contribution in [-0.4, -0.2) is 28.7 Å². The highest BCUT2D eigenvalue weighted by Gasteiger charge is 2.20. The van der Waals surface area contributed by atoms with Crippen molar-refractivity contribution in [3.63, 3.8) is 0 Å². The summed E-state index contributed by atoms with van der Waals surface area (Å²) in [5.74, 6) is -0.156. The minimum Gasteiger partial charge on any atom is -0.492 e. The number of carboxylic acid groups (broad SMARTS) is 1. The van der Waals surface area contributed by atoms with Crippen LogP contribution in [-0.2, 0) is 17.8 Å². The molecule has 0 fully saturated rings. The van der Waals surface area contributed by atoms with Gasteiger partial charge in [-0.05, 0) is 46.6 Å². The van der Waals surface area contributed by atoms with E-state index in [9.17, 15) is 9.90 Å². The molecule has 2 aromatic carbocycles. The number of hydrogen-bond acceptors (Lipinski definition) is 3. The minimum atomic E-state index is -0.882. The molecule has 0 radical (unpaired) electrons. The first-order valence-electron chi connectivity index (χ1n) is 8.61. The largest absolute Gasteiger partial charge is 0.492 e. The Morgan fingerprint density at radius 1 is 1.26 bits per heavy atom. The highest BCUT2D eigenvalue weighted by molar-refractivity contribution is 9.11. The van der Waals surface area contributed by atoms with Crippen LogP contribution in [0.4, 0.5) is 0 Å². The number of fused-ring (bicyclic) bond motifs is 1. The van der Waals surface area contributed by atoms with Crippen molar-refractivity contribution in [1.82, 2.24) is 10.3 Å². The lowest BCUT2D eigenvalue weighted by Gasteiger charge is -2.17. The van der Waals surface area contributed by atoms with Crippen LogP contribution >= 0.6 is 31.9 Å². The van der Waals surface area contributed by atoms with Crippen LogP contribution in [0.15, 0.2) is 51.5 Å². The Bertz CT molecular complexity index is 956. The number of nitrogens with one attached hydrogen (secondary N) is 2. The third-order valence-corrected chi connectivity index (χ3v) is 5.36. The number of halogens is 2. The van der Waals surface area contributed by atoms with E-state index in [2.05, 4.69) is 42.2 Å². The van der Waals surface area contributed by atoms with Crippen molar-refractivity contribution < 1.29 is 14.6 Å². The van der Waals surface area contributed by atoms with E-state index >= 15 is 0 Å². The molecule has 0 aliphatic heterocycles. The van der Waals surface area contributed by atoms with Crippen LogP contribution in [0, 0.1) is 0 Å². The minimum absolute atomic E-state index is 0.382. The van der Waals surface area contributed by atoms with Gasteiger partial charge in [-0.1, -0.05) is 34.1 Å². The van der Waals surface area contributed by atoms with E-state index in [1.807, 2.05) is 49.5 Å². The van der Waals surface area contributed by atoms with Crippen molar-refractivity contribution in [3.05, 3.63) is 62.7 Å². The molecule has 142 valence electrons. The SMILES string of the molecule is CCOc1c(Br)cc(Br)cc1CN[C@H](Cc1c[nH]c2ccccc12)C(=O)O. The summed E-state index contributed by atoms with van der Waals surface area (Å²) < 4.78 is 7.45. The van der Waals surface area contributed by atoms with Crippen molar-refractivity contribution in [2.75, 3.05) is 6.61 Å². The Morgan fingerprint density at radius 3 is 2.78 bits per heavy atom. The molecule has 1 atom stereocenters. The first-order valence-corrected chi connectivity index (χ1v) is 10.2. The molecule has 0 aliphatic rings. The average Bonchev–Trinajstić information content (AvgIpc) is 3.04. The molecular formula is C20H20Br2N2O3. The fourth-order valence-electron chi connectivity index (χ4n) is 3.05. The van der Waals surface area contributed by atoms with Crippen molar-refractivity contribution in [2.45, 2.75) is 25.9 Å². The molecule has 3 rings (SSSR count). The van der Waals surface area contributed by atoms with Crippen LogP contribution < -0.4 is 10.1 Å². The molecule has 0 aliphatic carbocycles. The second-order valence-corrected chi connectivity index (χ2v) is 7.91. The molecule has 0 saturated heterocycles. The topological polar surface area (TPSA) is 74.3 Å². The summed E-state index contributed by atoms with van der Waals surface area (Å²) >= 11 is 6.98. The van der Waals surface area contributed by atoms with E-state index in [1.165, 1.54) is 0 Å². The quantitative estimate of drug-likeness (QED) is 0.416. The van der Waals surface area contributed by atoms with Gasteiger partial charge >= 0.3 is 5.97 Å². The second-order valence-electron chi connectivity index (χ2n) is 6.14. The number of benzene rings is 2. The molecule has 0 saturated carbocycles. The molecule has 0 spiro atoms. The van der Waals surface area contributed by atoms with Crippen LogP contribution in [0.2, 0.25) is 0 Å². The number of aromatic amines is 1. The Hall–Kier alpha value is -1.83. The maximum Gasteiger partial charge on any atom is 0.321 e. The Kier molecular flexibility index (Phi) is 6.57. The Labute approximate surface area is 174 Å². The van der Waals surface area contributed by atoms with Crippen molar-refractivity contribution in [2.24, 2.45) is 0 Å². The lowest BCUT2D eigenvalue weighted by molar-refractivity contribution is -0.139. The zero-order chi connectivity index (χ0) is 19.4. The molecule has 27 heavy (non-hydrogen) atoms. The lowest BCUT2D eigenvalue weighted by Crippen LogP contribution is -2.38. The first-order chi connectivity index (χ1) is 13.0. The fraction of sp³-hybridized carbons (Fsp3) is 0.250. The molecule has 3 aromatic rings. The van der Waals surface area contributed by atoms with Crippen molar-refractivity contribution in [3.8, 4) is 5.75 Å². The molecule has 0 unspecified atom stereocenters. The summed E-state index contributed by atoms with van der Waals surface area (Å²) in [6.07, 6.45) is 2.27. The van der Waals surface area contributed by atoms with Gasteiger partial charge in [-0.15, -0.1) is 0 Å². The molecule has 0 bridgehead atoms. The molecule has 1 aromatic heterocycles. The predicted molar refractivity (Wildman–Crippen MR) is 113 cm³/mol. The third kappa shape index (κ3) is 4.72. The number of carboxylic acids is 1. The van der Waals surface area contributed by atoms with Crippen LogP contribution in [0.25, 0.3) is 10.9 Å². The number of ether oxygens (including phenoxy) is 1. The van der Waals surface area contributed by atoms with Gasteiger partial charge in [0.1, 0.15) is 11.8 Å². The van der Waals surface area contributed by atoms with E-state index < -0.39 is 12.0 Å². The number of para-hydroxylation sites is 1. The van der Waals surface area contributed by atoms with Gasteiger partial charge in [-0.2, -0.15) is 0 Å². The summed E-state index contributed by atoms with van der Waals surface area (Å²) in [5.41, 5.74) is 2.88. The van der Waals surface area contributed by atoms with Gasteiger partial charge in [-0.3, -0.25) is 10.1 Å². The normalized spacial score (nSPS) is 12.3. The molecule has 3 N–H and O–H groups in total.